The van der Waals surface area contributed by atoms with Gasteiger partial charge in [0.25, 0.3) is 0 Å². The predicted molar refractivity (Wildman–Crippen MR) is 74.7 cm³/mol. The third-order valence-corrected chi connectivity index (χ3v) is 4.12. The molecule has 5 nitrogen and oxygen atoms in total. The van der Waals surface area contributed by atoms with Crippen LogP contribution >= 0.6 is 11.8 Å². The molecule has 0 heterocycles. The lowest BCUT2D eigenvalue weighted by Gasteiger charge is -2.30. The van der Waals surface area contributed by atoms with Crippen molar-refractivity contribution in [2.75, 3.05) is 6.54 Å². The molecule has 106 valence electrons. The third kappa shape index (κ3) is 5.73. The van der Waals surface area contributed by atoms with Crippen molar-refractivity contribution in [3.63, 3.8) is 0 Å². The van der Waals surface area contributed by atoms with Gasteiger partial charge in [-0.25, -0.2) is 0 Å². The van der Waals surface area contributed by atoms with Gasteiger partial charge in [-0.1, -0.05) is 13.3 Å². The molecule has 0 aromatic carbocycles. The number of aliphatic carboxylic acids is 1. The minimum Gasteiger partial charge on any atom is -0.480 e. The highest BCUT2D eigenvalue weighted by Crippen LogP contribution is 2.31. The van der Waals surface area contributed by atoms with Gasteiger partial charge in [0.1, 0.15) is 6.04 Å². The van der Waals surface area contributed by atoms with E-state index in [0.717, 1.165) is 12.8 Å². The zero-order valence-electron chi connectivity index (χ0n) is 11.5. The SMILES string of the molecule is CCCCNC(=O)C(C)SC(C)(C)[C@H](N)C(=O)O. The quantitative estimate of drug-likeness (QED) is 0.580. The number of amides is 1. The second-order valence-electron chi connectivity index (χ2n) is 4.82. The Morgan fingerprint density at radius 3 is 2.44 bits per heavy atom. The molecule has 0 fully saturated rings. The van der Waals surface area contributed by atoms with E-state index in [1.807, 2.05) is 0 Å². The molecule has 0 aromatic rings. The van der Waals surface area contributed by atoms with Crippen LogP contribution in [0.4, 0.5) is 0 Å². The second-order valence-corrected chi connectivity index (χ2v) is 6.82. The van der Waals surface area contributed by atoms with Crippen LogP contribution < -0.4 is 11.1 Å². The number of nitrogens with one attached hydrogen (secondary N) is 1. The highest BCUT2D eigenvalue weighted by molar-refractivity contribution is 8.02. The minimum atomic E-state index is -1.05. The summed E-state index contributed by atoms with van der Waals surface area (Å²) in [5.74, 6) is -1.12. The Morgan fingerprint density at radius 1 is 1.44 bits per heavy atom. The lowest BCUT2D eigenvalue weighted by Crippen LogP contribution is -2.48. The Kier molecular flexibility index (Phi) is 7.32. The van der Waals surface area contributed by atoms with Crippen LogP contribution in [0.1, 0.15) is 40.5 Å². The van der Waals surface area contributed by atoms with E-state index in [-0.39, 0.29) is 11.2 Å². The Balaban J connectivity index is 4.32. The summed E-state index contributed by atoms with van der Waals surface area (Å²) in [6, 6.07) is -0.992. The van der Waals surface area contributed by atoms with Gasteiger partial charge >= 0.3 is 5.97 Å². The molecular formula is C12H24N2O3S. The topological polar surface area (TPSA) is 92.4 Å². The van der Waals surface area contributed by atoms with Gasteiger partial charge < -0.3 is 16.2 Å². The normalized spacial score (nSPS) is 14.9. The fraction of sp³-hybridized carbons (Fsp3) is 0.833. The smallest absolute Gasteiger partial charge is 0.321 e. The standard InChI is InChI=1S/C12H24N2O3S/c1-5-6-7-14-10(15)8(2)18-12(3,4)9(13)11(16)17/h8-9H,5-7,13H2,1-4H3,(H,14,15)(H,16,17)/t8?,9-/m1/s1. The van der Waals surface area contributed by atoms with Crippen LogP contribution in [0, 0.1) is 0 Å². The molecular weight excluding hydrogens is 252 g/mol. The molecule has 1 unspecified atom stereocenters. The second kappa shape index (κ2) is 7.63. The molecule has 0 radical (unpaired) electrons. The number of thioether (sulfide) groups is 1. The largest absolute Gasteiger partial charge is 0.480 e. The molecule has 0 rings (SSSR count). The van der Waals surface area contributed by atoms with Gasteiger partial charge in [0.05, 0.1) is 5.25 Å². The average Bonchev–Trinajstić information content (AvgIpc) is 2.27. The van der Waals surface area contributed by atoms with Gasteiger partial charge in [0.15, 0.2) is 0 Å². The molecule has 0 bridgehead atoms. The number of nitrogens with two attached hydrogens (primary N) is 1. The van der Waals surface area contributed by atoms with Gasteiger partial charge in [-0.2, -0.15) is 0 Å². The van der Waals surface area contributed by atoms with E-state index in [1.165, 1.54) is 11.8 Å². The number of unbranched alkanes of at least 4 members (excludes halogenated alkanes) is 1. The van der Waals surface area contributed by atoms with Gasteiger partial charge in [-0.3, -0.25) is 9.59 Å². The third-order valence-electron chi connectivity index (χ3n) is 2.69. The number of rotatable bonds is 8. The molecule has 0 saturated heterocycles. The summed E-state index contributed by atoms with van der Waals surface area (Å²) in [4.78, 5) is 22.6. The first-order valence-corrected chi connectivity index (χ1v) is 7.04. The van der Waals surface area contributed by atoms with Crippen LogP contribution in [0.15, 0.2) is 0 Å². The number of carbonyl (C=O) groups is 2. The van der Waals surface area contributed by atoms with Crippen LogP contribution in [0.5, 0.6) is 0 Å². The first-order valence-electron chi connectivity index (χ1n) is 6.16. The van der Waals surface area contributed by atoms with Crippen molar-refractivity contribution < 1.29 is 14.7 Å². The van der Waals surface area contributed by atoms with E-state index in [0.29, 0.717) is 6.54 Å². The molecule has 4 N–H and O–H groups in total. The first kappa shape index (κ1) is 17.2. The van der Waals surface area contributed by atoms with Crippen molar-refractivity contribution in [2.45, 2.75) is 56.6 Å². The number of carboxylic acids is 1. The number of carboxylic acid groups (broad SMARTS) is 1. The Bertz CT molecular complexity index is 295. The Morgan fingerprint density at radius 2 is 2.00 bits per heavy atom. The van der Waals surface area contributed by atoms with Crippen molar-refractivity contribution in [3.05, 3.63) is 0 Å². The van der Waals surface area contributed by atoms with Crippen LogP contribution in [0.2, 0.25) is 0 Å². The van der Waals surface area contributed by atoms with Crippen molar-refractivity contribution >= 4 is 23.6 Å². The summed E-state index contributed by atoms with van der Waals surface area (Å²) in [6.45, 7) is 7.96. The van der Waals surface area contributed by atoms with E-state index >= 15 is 0 Å². The lowest BCUT2D eigenvalue weighted by atomic mass is 10.1. The van der Waals surface area contributed by atoms with E-state index in [4.69, 9.17) is 10.8 Å². The van der Waals surface area contributed by atoms with E-state index < -0.39 is 16.8 Å². The fourth-order valence-electron chi connectivity index (χ4n) is 1.41. The molecule has 6 heteroatoms. The molecule has 18 heavy (non-hydrogen) atoms. The highest BCUT2D eigenvalue weighted by Gasteiger charge is 2.35. The van der Waals surface area contributed by atoms with Crippen LogP contribution in [-0.2, 0) is 9.59 Å². The Hall–Kier alpha value is -0.750. The van der Waals surface area contributed by atoms with Crippen LogP contribution in [0.25, 0.3) is 0 Å². The molecule has 0 aliphatic rings. The molecule has 2 atom stereocenters. The van der Waals surface area contributed by atoms with Crippen molar-refractivity contribution in [1.82, 2.24) is 5.32 Å². The lowest BCUT2D eigenvalue weighted by molar-refractivity contribution is -0.139. The maximum atomic E-state index is 11.8. The van der Waals surface area contributed by atoms with Crippen molar-refractivity contribution in [1.29, 1.82) is 0 Å². The van der Waals surface area contributed by atoms with Gasteiger partial charge in [0, 0.05) is 11.3 Å². The maximum absolute atomic E-state index is 11.8. The zero-order valence-corrected chi connectivity index (χ0v) is 12.3. The van der Waals surface area contributed by atoms with Gasteiger partial charge in [-0.15, -0.1) is 11.8 Å². The predicted octanol–water partition coefficient (Wildman–Crippen LogP) is 1.21. The van der Waals surface area contributed by atoms with Gasteiger partial charge in [0.2, 0.25) is 5.91 Å². The minimum absolute atomic E-state index is 0.0703. The van der Waals surface area contributed by atoms with Crippen LogP contribution in [0.3, 0.4) is 0 Å². The van der Waals surface area contributed by atoms with E-state index in [9.17, 15) is 9.59 Å². The summed E-state index contributed by atoms with van der Waals surface area (Å²) >= 11 is 1.29. The molecule has 0 saturated carbocycles. The first-order chi connectivity index (χ1) is 8.22. The number of hydrogen-bond donors (Lipinski definition) is 3. The van der Waals surface area contributed by atoms with E-state index in [2.05, 4.69) is 12.2 Å². The highest BCUT2D eigenvalue weighted by atomic mass is 32.2. The molecule has 0 aliphatic carbocycles. The summed E-state index contributed by atoms with van der Waals surface area (Å²) in [6.07, 6.45) is 1.97. The number of carbonyl (C=O) groups excluding carboxylic acids is 1. The maximum Gasteiger partial charge on any atom is 0.321 e. The van der Waals surface area contributed by atoms with Crippen molar-refractivity contribution in [2.24, 2.45) is 5.73 Å². The fourth-order valence-corrected chi connectivity index (χ4v) is 2.76. The van der Waals surface area contributed by atoms with Crippen molar-refractivity contribution in [3.8, 4) is 0 Å². The molecule has 0 aromatic heterocycles. The van der Waals surface area contributed by atoms with E-state index in [1.54, 1.807) is 20.8 Å². The zero-order chi connectivity index (χ0) is 14.3. The molecule has 0 aliphatic heterocycles. The average molecular weight is 276 g/mol. The summed E-state index contributed by atoms with van der Waals surface area (Å²) in [5.41, 5.74) is 5.61. The summed E-state index contributed by atoms with van der Waals surface area (Å²) in [5, 5.41) is 11.4. The Labute approximate surface area is 113 Å². The summed E-state index contributed by atoms with van der Waals surface area (Å²) in [7, 11) is 0. The molecule has 0 spiro atoms. The van der Waals surface area contributed by atoms with Gasteiger partial charge in [-0.05, 0) is 27.2 Å². The molecule has 1 amide bonds. The number of hydrogen-bond acceptors (Lipinski definition) is 4. The summed E-state index contributed by atoms with van der Waals surface area (Å²) < 4.78 is -0.687. The monoisotopic (exact) mass is 276 g/mol. The van der Waals surface area contributed by atoms with Crippen LogP contribution in [-0.4, -0.2) is 39.6 Å².